The summed E-state index contributed by atoms with van der Waals surface area (Å²) in [7, 11) is 0. The molecule has 0 unspecified atom stereocenters. The van der Waals surface area contributed by atoms with E-state index in [1.807, 2.05) is 0 Å². The number of alkyl halides is 1. The summed E-state index contributed by atoms with van der Waals surface area (Å²) >= 11 is 0. The summed E-state index contributed by atoms with van der Waals surface area (Å²) < 4.78 is 12.6. The third-order valence-corrected chi connectivity index (χ3v) is 1.53. The molecule has 0 aliphatic rings. The highest BCUT2D eigenvalue weighted by molar-refractivity contribution is 5.74. The summed E-state index contributed by atoms with van der Waals surface area (Å²) in [5, 5.41) is 0. The standard InChI is InChI=1S/C9H9FO/c1-7(10)9-4-2-8(6-11)3-5-9/h2-7H,1H3/t7-/m0/s1. The Balaban J connectivity index is 2.91. The summed E-state index contributed by atoms with van der Waals surface area (Å²) in [5.41, 5.74) is 1.19. The van der Waals surface area contributed by atoms with Gasteiger partial charge >= 0.3 is 0 Å². The first-order chi connectivity index (χ1) is 5.24. The van der Waals surface area contributed by atoms with Crippen LogP contribution in [0.25, 0.3) is 0 Å². The number of halogens is 1. The minimum atomic E-state index is -0.962. The third-order valence-electron chi connectivity index (χ3n) is 1.53. The van der Waals surface area contributed by atoms with Gasteiger partial charge in [-0.3, -0.25) is 4.79 Å². The van der Waals surface area contributed by atoms with Gasteiger partial charge in [-0.15, -0.1) is 0 Å². The number of hydrogen-bond acceptors (Lipinski definition) is 1. The van der Waals surface area contributed by atoms with Crippen molar-refractivity contribution in [3.63, 3.8) is 0 Å². The van der Waals surface area contributed by atoms with Crippen molar-refractivity contribution >= 4 is 6.29 Å². The van der Waals surface area contributed by atoms with Crippen molar-refractivity contribution in [3.05, 3.63) is 35.4 Å². The zero-order valence-electron chi connectivity index (χ0n) is 6.25. The number of carbonyl (C=O) groups is 1. The summed E-state index contributed by atoms with van der Waals surface area (Å²) in [6, 6.07) is 6.46. The lowest BCUT2D eigenvalue weighted by Gasteiger charge is -2.00. The fourth-order valence-corrected chi connectivity index (χ4v) is 0.840. The highest BCUT2D eigenvalue weighted by Crippen LogP contribution is 2.15. The topological polar surface area (TPSA) is 17.1 Å². The van der Waals surface area contributed by atoms with Crippen LogP contribution in [0.3, 0.4) is 0 Å². The van der Waals surface area contributed by atoms with Crippen molar-refractivity contribution in [2.75, 3.05) is 0 Å². The fraction of sp³-hybridized carbons (Fsp3) is 0.222. The molecule has 1 nitrogen and oxygen atoms in total. The van der Waals surface area contributed by atoms with Crippen molar-refractivity contribution in [2.45, 2.75) is 13.1 Å². The van der Waals surface area contributed by atoms with E-state index in [1.54, 1.807) is 24.3 Å². The Hall–Kier alpha value is -1.18. The van der Waals surface area contributed by atoms with Crippen LogP contribution in [-0.2, 0) is 0 Å². The summed E-state index contributed by atoms with van der Waals surface area (Å²) in [6.07, 6.45) is -0.220. The van der Waals surface area contributed by atoms with Crippen LogP contribution in [0.1, 0.15) is 29.0 Å². The highest BCUT2D eigenvalue weighted by Gasteiger charge is 2.00. The van der Waals surface area contributed by atoms with Crippen molar-refractivity contribution in [1.29, 1.82) is 0 Å². The van der Waals surface area contributed by atoms with E-state index < -0.39 is 6.17 Å². The van der Waals surface area contributed by atoms with E-state index in [4.69, 9.17) is 0 Å². The maximum atomic E-state index is 12.6. The molecular weight excluding hydrogens is 143 g/mol. The van der Waals surface area contributed by atoms with E-state index in [1.165, 1.54) is 6.92 Å². The molecule has 0 N–H and O–H groups in total. The average molecular weight is 152 g/mol. The van der Waals surface area contributed by atoms with E-state index >= 15 is 0 Å². The summed E-state index contributed by atoms with van der Waals surface area (Å²) in [6.45, 7) is 1.47. The molecule has 1 atom stereocenters. The minimum Gasteiger partial charge on any atom is -0.298 e. The number of rotatable bonds is 2. The Morgan fingerprint density at radius 2 is 1.91 bits per heavy atom. The molecule has 0 radical (unpaired) electrons. The molecule has 0 heterocycles. The second-order valence-electron chi connectivity index (χ2n) is 2.40. The van der Waals surface area contributed by atoms with Gasteiger partial charge in [0.05, 0.1) is 0 Å². The zero-order chi connectivity index (χ0) is 8.27. The number of aldehydes is 1. The van der Waals surface area contributed by atoms with Gasteiger partial charge in [-0.1, -0.05) is 24.3 Å². The first kappa shape index (κ1) is 7.92. The van der Waals surface area contributed by atoms with Crippen LogP contribution in [0, 0.1) is 0 Å². The summed E-state index contributed by atoms with van der Waals surface area (Å²) in [5.74, 6) is 0. The van der Waals surface area contributed by atoms with Gasteiger partial charge in [0.2, 0.25) is 0 Å². The van der Waals surface area contributed by atoms with Crippen LogP contribution >= 0.6 is 0 Å². The molecule has 0 aliphatic carbocycles. The zero-order valence-corrected chi connectivity index (χ0v) is 6.25. The monoisotopic (exact) mass is 152 g/mol. The van der Waals surface area contributed by atoms with Crippen molar-refractivity contribution in [1.82, 2.24) is 0 Å². The van der Waals surface area contributed by atoms with Crippen molar-refractivity contribution in [2.24, 2.45) is 0 Å². The van der Waals surface area contributed by atoms with E-state index in [-0.39, 0.29) is 0 Å². The molecule has 0 spiro atoms. The lowest BCUT2D eigenvalue weighted by atomic mass is 10.1. The van der Waals surface area contributed by atoms with E-state index in [0.717, 1.165) is 6.29 Å². The number of benzene rings is 1. The summed E-state index contributed by atoms with van der Waals surface area (Å²) in [4.78, 5) is 10.2. The van der Waals surface area contributed by atoms with Gasteiger partial charge in [-0.2, -0.15) is 0 Å². The molecule has 0 saturated carbocycles. The second kappa shape index (κ2) is 3.28. The van der Waals surface area contributed by atoms with Gasteiger partial charge in [0, 0.05) is 5.56 Å². The maximum Gasteiger partial charge on any atom is 0.150 e. The molecule has 11 heavy (non-hydrogen) atoms. The first-order valence-corrected chi connectivity index (χ1v) is 3.43. The SMILES string of the molecule is C[C@H](F)c1ccc(C=O)cc1. The molecule has 58 valence electrons. The molecule has 0 amide bonds. The third kappa shape index (κ3) is 1.87. The quantitative estimate of drug-likeness (QED) is 0.595. The highest BCUT2D eigenvalue weighted by atomic mass is 19.1. The normalized spacial score (nSPS) is 12.5. The molecule has 0 bridgehead atoms. The maximum absolute atomic E-state index is 12.6. The molecule has 1 aromatic carbocycles. The Labute approximate surface area is 64.9 Å². The fourth-order valence-electron chi connectivity index (χ4n) is 0.840. The predicted octanol–water partition coefficient (Wildman–Crippen LogP) is 2.53. The molecule has 2 heteroatoms. The molecular formula is C9H9FO. The van der Waals surface area contributed by atoms with Gasteiger partial charge in [0.1, 0.15) is 12.5 Å². The molecule has 1 rings (SSSR count). The van der Waals surface area contributed by atoms with Gasteiger partial charge < -0.3 is 0 Å². The van der Waals surface area contributed by atoms with Crippen LogP contribution in [-0.4, -0.2) is 6.29 Å². The van der Waals surface area contributed by atoms with Crippen LogP contribution in [0.5, 0.6) is 0 Å². The second-order valence-corrected chi connectivity index (χ2v) is 2.40. The lowest BCUT2D eigenvalue weighted by molar-refractivity contribution is 0.112. The van der Waals surface area contributed by atoms with Gasteiger partial charge in [0.25, 0.3) is 0 Å². The first-order valence-electron chi connectivity index (χ1n) is 3.43. The van der Waals surface area contributed by atoms with Crippen LogP contribution < -0.4 is 0 Å². The van der Waals surface area contributed by atoms with Gasteiger partial charge in [-0.05, 0) is 12.5 Å². The van der Waals surface area contributed by atoms with E-state index in [9.17, 15) is 9.18 Å². The van der Waals surface area contributed by atoms with Crippen molar-refractivity contribution < 1.29 is 9.18 Å². The van der Waals surface area contributed by atoms with Crippen LogP contribution in [0.15, 0.2) is 24.3 Å². The smallest absolute Gasteiger partial charge is 0.150 e. The van der Waals surface area contributed by atoms with Gasteiger partial charge in [0.15, 0.2) is 0 Å². The Morgan fingerprint density at radius 3 is 2.27 bits per heavy atom. The van der Waals surface area contributed by atoms with E-state index in [0.29, 0.717) is 11.1 Å². The predicted molar refractivity (Wildman–Crippen MR) is 41.4 cm³/mol. The average Bonchev–Trinajstić information content (AvgIpc) is 2.05. The molecule has 1 aromatic rings. The molecule has 0 saturated heterocycles. The Kier molecular flexibility index (Phi) is 2.36. The number of hydrogen-bond donors (Lipinski definition) is 0. The Morgan fingerprint density at radius 1 is 1.36 bits per heavy atom. The molecule has 0 fully saturated rings. The van der Waals surface area contributed by atoms with Gasteiger partial charge in [-0.25, -0.2) is 4.39 Å². The van der Waals surface area contributed by atoms with Crippen molar-refractivity contribution in [3.8, 4) is 0 Å². The lowest BCUT2D eigenvalue weighted by Crippen LogP contribution is -1.85. The molecule has 0 aromatic heterocycles. The number of carbonyl (C=O) groups excluding carboxylic acids is 1. The van der Waals surface area contributed by atoms with Crippen LogP contribution in [0.4, 0.5) is 4.39 Å². The Bertz CT molecular complexity index is 238. The van der Waals surface area contributed by atoms with Crippen LogP contribution in [0.2, 0.25) is 0 Å². The van der Waals surface area contributed by atoms with E-state index in [2.05, 4.69) is 0 Å². The minimum absolute atomic E-state index is 0.578. The molecule has 0 aliphatic heterocycles. The largest absolute Gasteiger partial charge is 0.298 e.